The van der Waals surface area contributed by atoms with Crippen molar-refractivity contribution in [3.63, 3.8) is 0 Å². The molecule has 2 amide bonds. The van der Waals surface area contributed by atoms with E-state index in [9.17, 15) is 9.59 Å². The number of carbonyl (C=O) groups excluding carboxylic acids is 2. The van der Waals surface area contributed by atoms with Crippen LogP contribution in [0.4, 0.5) is 5.82 Å². The zero-order valence-electron chi connectivity index (χ0n) is 19.2. The summed E-state index contributed by atoms with van der Waals surface area (Å²) in [5.41, 5.74) is 2.86. The molecule has 0 N–H and O–H groups in total. The monoisotopic (exact) mass is 464 g/mol. The molecule has 1 saturated carbocycles. The lowest BCUT2D eigenvalue weighted by molar-refractivity contribution is -0.134. The third kappa shape index (κ3) is 3.84. The number of fused-ring (bicyclic) bond motifs is 1. The van der Waals surface area contributed by atoms with Gasteiger partial charge in [0.1, 0.15) is 5.82 Å². The van der Waals surface area contributed by atoms with Crippen molar-refractivity contribution in [2.24, 2.45) is 11.3 Å². The van der Waals surface area contributed by atoms with E-state index in [0.717, 1.165) is 82.1 Å². The highest BCUT2D eigenvalue weighted by atomic mass is 32.1. The van der Waals surface area contributed by atoms with Gasteiger partial charge in [-0.3, -0.25) is 9.59 Å². The predicted molar refractivity (Wildman–Crippen MR) is 130 cm³/mol. The van der Waals surface area contributed by atoms with Crippen LogP contribution in [-0.2, 0) is 17.6 Å². The fourth-order valence-corrected chi connectivity index (χ4v) is 7.29. The highest BCUT2D eigenvalue weighted by Crippen LogP contribution is 2.60. The molecule has 3 fully saturated rings. The van der Waals surface area contributed by atoms with Gasteiger partial charge in [-0.1, -0.05) is 6.07 Å². The largest absolute Gasteiger partial charge is 0.353 e. The normalized spacial score (nSPS) is 24.0. The van der Waals surface area contributed by atoms with Crippen LogP contribution in [0.15, 0.2) is 29.8 Å². The number of anilines is 1. The number of hydrogen-bond donors (Lipinski definition) is 0. The Hall–Kier alpha value is -2.41. The van der Waals surface area contributed by atoms with E-state index in [2.05, 4.69) is 25.1 Å². The first-order valence-corrected chi connectivity index (χ1v) is 13.4. The third-order valence-electron chi connectivity index (χ3n) is 8.40. The van der Waals surface area contributed by atoms with Crippen LogP contribution in [0.2, 0.25) is 0 Å². The second-order valence-corrected chi connectivity index (χ2v) is 11.1. The molecule has 33 heavy (non-hydrogen) atoms. The summed E-state index contributed by atoms with van der Waals surface area (Å²) < 4.78 is 0. The fraction of sp³-hybridized carbons (Fsp3) is 0.577. The zero-order valence-corrected chi connectivity index (χ0v) is 20.0. The van der Waals surface area contributed by atoms with Crippen LogP contribution in [0.1, 0.15) is 52.9 Å². The maximum Gasteiger partial charge on any atom is 0.264 e. The molecule has 0 unspecified atom stereocenters. The molecular weight excluding hydrogens is 432 g/mol. The Morgan fingerprint density at radius 3 is 2.52 bits per heavy atom. The number of likely N-dealkylation sites (tertiary alicyclic amines) is 1. The molecule has 6 nitrogen and oxygen atoms in total. The van der Waals surface area contributed by atoms with Gasteiger partial charge in [0.25, 0.3) is 5.91 Å². The van der Waals surface area contributed by atoms with E-state index >= 15 is 0 Å². The molecule has 2 saturated heterocycles. The maximum atomic E-state index is 13.3. The van der Waals surface area contributed by atoms with Crippen LogP contribution in [0.25, 0.3) is 0 Å². The number of aromatic nitrogens is 1. The minimum absolute atomic E-state index is 0.140. The van der Waals surface area contributed by atoms with Gasteiger partial charge in [0.05, 0.1) is 4.88 Å². The van der Waals surface area contributed by atoms with Gasteiger partial charge in [-0.2, -0.15) is 0 Å². The Morgan fingerprint density at radius 1 is 0.970 bits per heavy atom. The summed E-state index contributed by atoms with van der Waals surface area (Å²) in [6.07, 6.45) is 9.40. The number of pyridine rings is 1. The van der Waals surface area contributed by atoms with Gasteiger partial charge in [-0.25, -0.2) is 4.98 Å². The van der Waals surface area contributed by atoms with Gasteiger partial charge in [0.15, 0.2) is 0 Å². The number of piperazine rings is 1. The van der Waals surface area contributed by atoms with Gasteiger partial charge < -0.3 is 14.7 Å². The summed E-state index contributed by atoms with van der Waals surface area (Å²) in [7, 11) is 0. The Bertz CT molecular complexity index is 1040. The van der Waals surface area contributed by atoms with E-state index in [-0.39, 0.29) is 17.2 Å². The summed E-state index contributed by atoms with van der Waals surface area (Å²) >= 11 is 1.64. The Balaban J connectivity index is 1.03. The first-order valence-electron chi connectivity index (χ1n) is 12.5. The molecule has 0 aromatic carbocycles. The predicted octanol–water partition coefficient (Wildman–Crippen LogP) is 3.61. The number of piperidine rings is 1. The van der Waals surface area contributed by atoms with Gasteiger partial charge in [-0.15, -0.1) is 11.3 Å². The minimum atomic E-state index is 0.140. The number of aryl methyl sites for hydroxylation is 1. The van der Waals surface area contributed by atoms with Crippen molar-refractivity contribution in [2.75, 3.05) is 44.2 Å². The van der Waals surface area contributed by atoms with Gasteiger partial charge in [0, 0.05) is 51.4 Å². The number of nitrogens with zero attached hydrogens (tertiary/aromatic N) is 4. The number of hydrogen-bond acceptors (Lipinski definition) is 5. The smallest absolute Gasteiger partial charge is 0.264 e. The summed E-state index contributed by atoms with van der Waals surface area (Å²) in [4.78, 5) is 38.3. The summed E-state index contributed by atoms with van der Waals surface area (Å²) in [5, 5.41) is 2.20. The molecule has 1 spiro atoms. The molecule has 2 aromatic heterocycles. The molecule has 2 aliphatic carbocycles. The van der Waals surface area contributed by atoms with Crippen molar-refractivity contribution in [2.45, 2.75) is 44.9 Å². The van der Waals surface area contributed by atoms with Crippen molar-refractivity contribution in [3.8, 4) is 0 Å². The quantitative estimate of drug-likeness (QED) is 0.696. The summed E-state index contributed by atoms with van der Waals surface area (Å²) in [6.45, 7) is 4.82. The third-order valence-corrected chi connectivity index (χ3v) is 9.46. The van der Waals surface area contributed by atoms with Crippen molar-refractivity contribution in [3.05, 3.63) is 45.8 Å². The summed E-state index contributed by atoms with van der Waals surface area (Å²) in [6, 6.07) is 5.98. The molecule has 0 bridgehead atoms. The first-order chi connectivity index (χ1) is 16.1. The average Bonchev–Trinajstić information content (AvgIpc) is 3.39. The maximum absolute atomic E-state index is 13.3. The van der Waals surface area contributed by atoms with Crippen molar-refractivity contribution in [1.82, 2.24) is 14.8 Å². The molecule has 0 radical (unpaired) electrons. The van der Waals surface area contributed by atoms with E-state index in [1.165, 1.54) is 24.0 Å². The van der Waals surface area contributed by atoms with Crippen LogP contribution in [0.3, 0.4) is 0 Å². The molecular formula is C26H32N4O2S. The SMILES string of the molecule is O=C(c1scc2c1CCCC2)N1CCC2(CC1)C[C@@H]2C(=O)N1CCN(c2ccccn2)CC1. The topological polar surface area (TPSA) is 56.8 Å². The highest BCUT2D eigenvalue weighted by molar-refractivity contribution is 7.12. The minimum Gasteiger partial charge on any atom is -0.353 e. The van der Waals surface area contributed by atoms with Gasteiger partial charge in [-0.05, 0) is 79.0 Å². The molecule has 7 heteroatoms. The lowest BCUT2D eigenvalue weighted by atomic mass is 9.89. The summed E-state index contributed by atoms with van der Waals surface area (Å²) in [5.74, 6) is 1.72. The molecule has 174 valence electrons. The standard InChI is InChI=1S/C26H32N4O2S/c31-24(30-15-13-28(14-16-30)22-7-3-4-10-27-22)21-17-26(21)8-11-29(12-9-26)25(32)23-20-6-2-1-5-19(20)18-33-23/h3-4,7,10,18,21H,1-2,5-6,8-9,11-17H2/t21-/m1/s1. The van der Waals surface area contributed by atoms with Gasteiger partial charge >= 0.3 is 0 Å². The molecule has 2 aliphatic heterocycles. The van der Waals surface area contributed by atoms with Crippen LogP contribution in [0.5, 0.6) is 0 Å². The number of rotatable bonds is 3. The Labute approximate surface area is 199 Å². The van der Waals surface area contributed by atoms with Crippen LogP contribution >= 0.6 is 11.3 Å². The van der Waals surface area contributed by atoms with E-state index in [4.69, 9.17) is 0 Å². The fourth-order valence-electron chi connectivity index (χ4n) is 6.16. The number of carbonyl (C=O) groups is 2. The van der Waals surface area contributed by atoms with Gasteiger partial charge in [0.2, 0.25) is 5.91 Å². The van der Waals surface area contributed by atoms with E-state index in [0.29, 0.717) is 5.91 Å². The molecule has 4 heterocycles. The van der Waals surface area contributed by atoms with Crippen molar-refractivity contribution in [1.29, 1.82) is 0 Å². The molecule has 4 aliphatic rings. The Morgan fingerprint density at radius 2 is 1.76 bits per heavy atom. The number of amides is 2. The van der Waals surface area contributed by atoms with Crippen LogP contribution in [-0.4, -0.2) is 65.9 Å². The second-order valence-electron chi connectivity index (χ2n) is 10.2. The first kappa shape index (κ1) is 21.1. The lowest BCUT2D eigenvalue weighted by Crippen LogP contribution is -2.50. The van der Waals surface area contributed by atoms with Crippen LogP contribution in [0, 0.1) is 11.3 Å². The number of thiophene rings is 1. The Kier molecular flexibility index (Phi) is 5.40. The molecule has 1 atom stereocenters. The molecule has 2 aromatic rings. The van der Waals surface area contributed by atoms with Crippen molar-refractivity contribution >= 4 is 29.0 Å². The van der Waals surface area contributed by atoms with E-state index in [1.807, 2.05) is 24.4 Å². The second kappa shape index (κ2) is 8.42. The molecule has 6 rings (SSSR count). The van der Waals surface area contributed by atoms with Crippen LogP contribution < -0.4 is 4.90 Å². The zero-order chi connectivity index (χ0) is 22.4. The van der Waals surface area contributed by atoms with E-state index in [1.54, 1.807) is 11.3 Å². The average molecular weight is 465 g/mol. The van der Waals surface area contributed by atoms with Crippen molar-refractivity contribution < 1.29 is 9.59 Å². The van der Waals surface area contributed by atoms with E-state index < -0.39 is 0 Å². The lowest BCUT2D eigenvalue weighted by Gasteiger charge is -2.37. The highest BCUT2D eigenvalue weighted by Gasteiger charge is 2.59.